The molecule has 15 heteroatoms. The zero-order valence-electron chi connectivity index (χ0n) is 20.1. The average Bonchev–Trinajstić information content (AvgIpc) is 3.54. The third-order valence-corrected chi connectivity index (χ3v) is 5.42. The number of furan rings is 1. The normalized spacial score (nSPS) is 21.4. The van der Waals surface area contributed by atoms with Crippen LogP contribution < -0.4 is 0 Å². The van der Waals surface area contributed by atoms with E-state index in [2.05, 4.69) is 16.0 Å². The van der Waals surface area contributed by atoms with Gasteiger partial charge in [0.25, 0.3) is 0 Å². The Hall–Kier alpha value is -3.17. The molecule has 2 aromatic heterocycles. The van der Waals surface area contributed by atoms with Gasteiger partial charge >= 0.3 is 24.3 Å². The van der Waals surface area contributed by atoms with Crippen LogP contribution in [-0.2, 0) is 32.2 Å². The van der Waals surface area contributed by atoms with E-state index in [1.165, 1.54) is 0 Å². The standard InChI is InChI=1S/C19H24N2O3.2C2HF3O2/c1-15-5-6-17(24-15)11-21-9-7-19(14-21)10-18(13-23-19)22-12-16-4-2-3-8-20-16;2*3-2(4,5)1(6)7/h2-6,8,18H,7,9-14H2,1H3;2*(H,6,7)/t18-,19-;;/m0../s1. The van der Waals surface area contributed by atoms with Gasteiger partial charge in [-0.3, -0.25) is 9.88 Å². The number of halogens is 6. The van der Waals surface area contributed by atoms with Crippen molar-refractivity contribution in [1.82, 2.24) is 9.88 Å². The number of rotatable bonds is 5. The molecule has 0 saturated carbocycles. The number of carbonyl (C=O) groups is 2. The second-order valence-electron chi connectivity index (χ2n) is 8.53. The molecule has 0 aliphatic carbocycles. The maximum absolute atomic E-state index is 10.6. The number of aliphatic carboxylic acids is 2. The van der Waals surface area contributed by atoms with E-state index in [1.54, 1.807) is 6.20 Å². The van der Waals surface area contributed by atoms with Crippen molar-refractivity contribution in [3.8, 4) is 0 Å². The van der Waals surface area contributed by atoms with Gasteiger partial charge in [-0.05, 0) is 37.6 Å². The molecule has 1 spiro atoms. The molecule has 4 rings (SSSR count). The maximum atomic E-state index is 10.6. The molecule has 0 amide bonds. The van der Waals surface area contributed by atoms with Gasteiger partial charge in [0.1, 0.15) is 11.5 Å². The number of aryl methyl sites for hydroxylation is 1. The molecule has 2 saturated heterocycles. The van der Waals surface area contributed by atoms with Gasteiger partial charge in [-0.2, -0.15) is 26.3 Å². The molecule has 212 valence electrons. The summed E-state index contributed by atoms with van der Waals surface area (Å²) < 4.78 is 81.3. The lowest BCUT2D eigenvalue weighted by atomic mass is 9.98. The fraction of sp³-hybridized carbons (Fsp3) is 0.522. The summed E-state index contributed by atoms with van der Waals surface area (Å²) in [6.45, 7) is 6.08. The van der Waals surface area contributed by atoms with Crippen molar-refractivity contribution in [3.05, 3.63) is 53.7 Å². The molecule has 2 aliphatic rings. The number of carboxylic acid groups (broad SMARTS) is 2. The summed E-state index contributed by atoms with van der Waals surface area (Å²) in [7, 11) is 0. The fourth-order valence-corrected chi connectivity index (χ4v) is 3.73. The number of ether oxygens (including phenoxy) is 2. The summed E-state index contributed by atoms with van der Waals surface area (Å²) in [4.78, 5) is 24.5. The zero-order chi connectivity index (χ0) is 28.6. The van der Waals surface area contributed by atoms with Crippen LogP contribution in [0.3, 0.4) is 0 Å². The largest absolute Gasteiger partial charge is 0.490 e. The van der Waals surface area contributed by atoms with E-state index in [1.807, 2.05) is 31.2 Å². The number of carboxylic acids is 2. The Bertz CT molecular complexity index is 1020. The maximum Gasteiger partial charge on any atom is 0.490 e. The molecular formula is C23H26F6N2O7. The van der Waals surface area contributed by atoms with E-state index in [0.717, 1.165) is 49.7 Å². The molecule has 0 unspecified atom stereocenters. The van der Waals surface area contributed by atoms with E-state index in [4.69, 9.17) is 33.7 Å². The molecule has 9 nitrogen and oxygen atoms in total. The summed E-state index contributed by atoms with van der Waals surface area (Å²) in [5.74, 6) is -3.51. The minimum absolute atomic E-state index is 0.0452. The first kappa shape index (κ1) is 31.1. The lowest BCUT2D eigenvalue weighted by Gasteiger charge is -2.23. The van der Waals surface area contributed by atoms with Crippen molar-refractivity contribution >= 4 is 11.9 Å². The molecule has 2 aromatic rings. The van der Waals surface area contributed by atoms with Gasteiger partial charge in [0.15, 0.2) is 0 Å². The van der Waals surface area contributed by atoms with E-state index in [0.29, 0.717) is 13.2 Å². The van der Waals surface area contributed by atoms with Crippen LogP contribution in [0.1, 0.15) is 30.1 Å². The second-order valence-corrected chi connectivity index (χ2v) is 8.53. The van der Waals surface area contributed by atoms with Gasteiger partial charge in [0.05, 0.1) is 37.2 Å². The Balaban J connectivity index is 0.000000301. The van der Waals surface area contributed by atoms with Crippen molar-refractivity contribution in [2.45, 2.75) is 57.0 Å². The summed E-state index contributed by atoms with van der Waals surface area (Å²) in [5.41, 5.74) is 0.927. The van der Waals surface area contributed by atoms with Crippen LogP contribution in [0.15, 0.2) is 40.9 Å². The minimum atomic E-state index is -5.08. The lowest BCUT2D eigenvalue weighted by Crippen LogP contribution is -2.32. The Morgan fingerprint density at radius 1 is 1.11 bits per heavy atom. The van der Waals surface area contributed by atoms with Gasteiger partial charge in [0.2, 0.25) is 0 Å². The number of aromatic nitrogens is 1. The van der Waals surface area contributed by atoms with Crippen molar-refractivity contribution in [2.75, 3.05) is 19.7 Å². The van der Waals surface area contributed by atoms with E-state index in [-0.39, 0.29) is 11.7 Å². The number of pyridine rings is 1. The van der Waals surface area contributed by atoms with Crippen LogP contribution in [0, 0.1) is 6.92 Å². The summed E-state index contributed by atoms with van der Waals surface area (Å²) in [6.07, 6.45) is -6.17. The first-order chi connectivity index (χ1) is 17.6. The number of alkyl halides is 6. The first-order valence-electron chi connectivity index (χ1n) is 11.1. The molecule has 2 fully saturated rings. The van der Waals surface area contributed by atoms with Gasteiger partial charge in [-0.25, -0.2) is 9.59 Å². The summed E-state index contributed by atoms with van der Waals surface area (Å²) >= 11 is 0. The van der Waals surface area contributed by atoms with Crippen molar-refractivity contribution in [3.63, 3.8) is 0 Å². The third kappa shape index (κ3) is 10.3. The van der Waals surface area contributed by atoms with Crippen molar-refractivity contribution in [2.24, 2.45) is 0 Å². The topological polar surface area (TPSA) is 122 Å². The quantitative estimate of drug-likeness (QED) is 0.522. The first-order valence-corrected chi connectivity index (χ1v) is 11.1. The van der Waals surface area contributed by atoms with E-state index < -0.39 is 24.3 Å². The van der Waals surface area contributed by atoms with E-state index in [9.17, 15) is 26.3 Å². The molecule has 4 heterocycles. The van der Waals surface area contributed by atoms with Crippen LogP contribution in [0.25, 0.3) is 0 Å². The monoisotopic (exact) mass is 556 g/mol. The highest BCUT2D eigenvalue weighted by molar-refractivity contribution is 5.73. The third-order valence-electron chi connectivity index (χ3n) is 5.42. The van der Waals surface area contributed by atoms with Crippen LogP contribution >= 0.6 is 0 Å². The Labute approximate surface area is 213 Å². The van der Waals surface area contributed by atoms with Crippen molar-refractivity contribution in [1.29, 1.82) is 0 Å². The Morgan fingerprint density at radius 3 is 2.24 bits per heavy atom. The highest BCUT2D eigenvalue weighted by atomic mass is 19.4. The lowest BCUT2D eigenvalue weighted by molar-refractivity contribution is -0.193. The second kappa shape index (κ2) is 13.1. The number of likely N-dealkylation sites (tertiary alicyclic amines) is 1. The summed E-state index contributed by atoms with van der Waals surface area (Å²) in [6, 6.07) is 9.99. The highest BCUT2D eigenvalue weighted by Crippen LogP contribution is 2.37. The van der Waals surface area contributed by atoms with Crippen LogP contribution in [0.4, 0.5) is 26.3 Å². The zero-order valence-corrected chi connectivity index (χ0v) is 20.1. The van der Waals surface area contributed by atoms with Crippen LogP contribution in [0.5, 0.6) is 0 Å². The summed E-state index contributed by atoms with van der Waals surface area (Å²) in [5, 5.41) is 14.2. The number of nitrogens with zero attached hydrogens (tertiary/aromatic N) is 2. The molecular weight excluding hydrogens is 530 g/mol. The van der Waals surface area contributed by atoms with Gasteiger partial charge in [-0.1, -0.05) is 6.07 Å². The van der Waals surface area contributed by atoms with Crippen molar-refractivity contribution < 1.29 is 60.0 Å². The smallest absolute Gasteiger partial charge is 0.475 e. The Morgan fingerprint density at radius 2 is 1.74 bits per heavy atom. The van der Waals surface area contributed by atoms with Gasteiger partial charge in [-0.15, -0.1) is 0 Å². The Kier molecular flexibility index (Phi) is 10.7. The number of hydrogen-bond donors (Lipinski definition) is 2. The minimum Gasteiger partial charge on any atom is -0.475 e. The number of hydrogen-bond acceptors (Lipinski definition) is 7. The van der Waals surface area contributed by atoms with Crippen LogP contribution in [-0.4, -0.2) is 75.8 Å². The predicted octanol–water partition coefficient (Wildman–Crippen LogP) is 4.20. The van der Waals surface area contributed by atoms with Crippen LogP contribution in [0.2, 0.25) is 0 Å². The molecule has 2 N–H and O–H groups in total. The molecule has 2 atom stereocenters. The van der Waals surface area contributed by atoms with Gasteiger partial charge < -0.3 is 24.1 Å². The predicted molar refractivity (Wildman–Crippen MR) is 117 cm³/mol. The highest BCUT2D eigenvalue weighted by Gasteiger charge is 2.46. The molecule has 0 radical (unpaired) electrons. The molecule has 0 aromatic carbocycles. The van der Waals surface area contributed by atoms with Gasteiger partial charge in [0, 0.05) is 25.7 Å². The molecule has 0 bridgehead atoms. The SMILES string of the molecule is Cc1ccc(CN2CC[C@]3(C[C@H](OCc4ccccn4)CO3)C2)o1.O=C(O)C(F)(F)F.O=C(O)C(F)(F)F. The van der Waals surface area contributed by atoms with E-state index >= 15 is 0 Å². The molecule has 2 aliphatic heterocycles. The average molecular weight is 556 g/mol. The fourth-order valence-electron chi connectivity index (χ4n) is 3.73. The molecule has 38 heavy (non-hydrogen) atoms.